The third-order valence-electron chi connectivity index (χ3n) is 3.64. The van der Waals surface area contributed by atoms with Crippen LogP contribution in [0.25, 0.3) is 10.9 Å². The average Bonchev–Trinajstić information content (AvgIpc) is 3.11. The predicted octanol–water partition coefficient (Wildman–Crippen LogP) is 2.77. The van der Waals surface area contributed by atoms with E-state index in [2.05, 4.69) is 25.5 Å². The molecule has 2 aromatic heterocycles. The van der Waals surface area contributed by atoms with Gasteiger partial charge in [-0.1, -0.05) is 11.6 Å². The first-order valence-electron chi connectivity index (χ1n) is 8.03. The molecular formula is C17H18ClN5O2. The molecule has 0 saturated heterocycles. The van der Waals surface area contributed by atoms with Crippen molar-refractivity contribution in [3.05, 3.63) is 47.1 Å². The Morgan fingerprint density at radius 3 is 3.00 bits per heavy atom. The molecule has 1 amide bonds. The highest BCUT2D eigenvalue weighted by Crippen LogP contribution is 2.28. The van der Waals surface area contributed by atoms with Crippen LogP contribution in [0.2, 0.25) is 5.15 Å². The van der Waals surface area contributed by atoms with Gasteiger partial charge in [-0.15, -0.1) is 0 Å². The van der Waals surface area contributed by atoms with Gasteiger partial charge in [-0.25, -0.2) is 9.97 Å². The Balaban J connectivity index is 1.67. The van der Waals surface area contributed by atoms with Gasteiger partial charge in [0.2, 0.25) is 0 Å². The number of aromatic amines is 1. The minimum absolute atomic E-state index is 0.154. The Labute approximate surface area is 149 Å². The molecule has 0 spiro atoms. The SMILES string of the molecule is CCOc1cc(Cl)nc2cc(C(=O)NCCCc3ncn[nH]3)ccc12. The number of nitrogens with zero attached hydrogens (tertiary/aromatic N) is 3. The van der Waals surface area contributed by atoms with Gasteiger partial charge in [0.1, 0.15) is 23.1 Å². The maximum atomic E-state index is 12.3. The highest BCUT2D eigenvalue weighted by Gasteiger charge is 2.10. The number of hydrogen-bond acceptors (Lipinski definition) is 5. The number of carbonyl (C=O) groups is 1. The highest BCUT2D eigenvalue weighted by molar-refractivity contribution is 6.30. The number of hydrogen-bond donors (Lipinski definition) is 2. The summed E-state index contributed by atoms with van der Waals surface area (Å²) in [7, 11) is 0. The number of aryl methyl sites for hydroxylation is 1. The van der Waals surface area contributed by atoms with Crippen molar-refractivity contribution in [1.82, 2.24) is 25.5 Å². The van der Waals surface area contributed by atoms with Crippen LogP contribution in [-0.2, 0) is 6.42 Å². The number of benzene rings is 1. The number of ether oxygens (including phenoxy) is 1. The Kier molecular flexibility index (Phi) is 5.45. The highest BCUT2D eigenvalue weighted by atomic mass is 35.5. The smallest absolute Gasteiger partial charge is 0.251 e. The molecule has 3 aromatic rings. The molecular weight excluding hydrogens is 342 g/mol. The standard InChI is InChI=1S/C17H18ClN5O2/c1-2-25-14-9-15(18)22-13-8-11(5-6-12(13)14)17(24)19-7-3-4-16-20-10-21-23-16/h5-6,8-10H,2-4,7H2,1H3,(H,19,24)(H,20,21,23). The third kappa shape index (κ3) is 4.24. The average molecular weight is 360 g/mol. The molecule has 0 bridgehead atoms. The van der Waals surface area contributed by atoms with Crippen LogP contribution in [0, 0.1) is 0 Å². The second-order valence-electron chi connectivity index (χ2n) is 5.40. The van der Waals surface area contributed by atoms with Crippen LogP contribution in [0.15, 0.2) is 30.6 Å². The summed E-state index contributed by atoms with van der Waals surface area (Å²) >= 11 is 6.04. The van der Waals surface area contributed by atoms with Crippen molar-refractivity contribution in [1.29, 1.82) is 0 Å². The molecule has 130 valence electrons. The summed E-state index contributed by atoms with van der Waals surface area (Å²) in [5.74, 6) is 1.32. The zero-order valence-electron chi connectivity index (χ0n) is 13.8. The van der Waals surface area contributed by atoms with E-state index in [1.165, 1.54) is 6.33 Å². The summed E-state index contributed by atoms with van der Waals surface area (Å²) in [4.78, 5) is 20.6. The monoisotopic (exact) mass is 359 g/mol. The van der Waals surface area contributed by atoms with Crippen molar-refractivity contribution in [2.24, 2.45) is 0 Å². The number of nitrogens with one attached hydrogen (secondary N) is 2. The van der Waals surface area contributed by atoms with E-state index >= 15 is 0 Å². The van der Waals surface area contributed by atoms with Crippen LogP contribution in [0.5, 0.6) is 5.75 Å². The number of halogens is 1. The zero-order valence-corrected chi connectivity index (χ0v) is 14.5. The molecule has 7 nitrogen and oxygen atoms in total. The van der Waals surface area contributed by atoms with Crippen LogP contribution in [0.3, 0.4) is 0 Å². The van der Waals surface area contributed by atoms with Gasteiger partial charge in [0.15, 0.2) is 0 Å². The summed E-state index contributed by atoms with van der Waals surface area (Å²) in [6.45, 7) is 2.98. The van der Waals surface area contributed by atoms with Crippen LogP contribution in [-0.4, -0.2) is 39.2 Å². The van der Waals surface area contributed by atoms with E-state index in [4.69, 9.17) is 16.3 Å². The molecule has 0 aliphatic rings. The van der Waals surface area contributed by atoms with E-state index in [1.54, 1.807) is 18.2 Å². The zero-order chi connectivity index (χ0) is 17.6. The lowest BCUT2D eigenvalue weighted by Crippen LogP contribution is -2.24. The molecule has 0 fully saturated rings. The molecule has 0 aliphatic heterocycles. The largest absolute Gasteiger partial charge is 0.493 e. The first-order valence-corrected chi connectivity index (χ1v) is 8.40. The van der Waals surface area contributed by atoms with Crippen molar-refractivity contribution in [2.45, 2.75) is 19.8 Å². The molecule has 2 N–H and O–H groups in total. The minimum atomic E-state index is -0.154. The number of H-pyrrole nitrogens is 1. The summed E-state index contributed by atoms with van der Waals surface area (Å²) < 4.78 is 5.58. The maximum absolute atomic E-state index is 12.3. The molecule has 3 rings (SSSR count). The van der Waals surface area contributed by atoms with Crippen LogP contribution < -0.4 is 10.1 Å². The lowest BCUT2D eigenvalue weighted by atomic mass is 10.1. The van der Waals surface area contributed by atoms with Crippen molar-refractivity contribution < 1.29 is 9.53 Å². The molecule has 0 saturated carbocycles. The van der Waals surface area contributed by atoms with Crippen molar-refractivity contribution in [3.8, 4) is 5.75 Å². The summed E-state index contributed by atoms with van der Waals surface area (Å²) in [5.41, 5.74) is 1.16. The van der Waals surface area contributed by atoms with E-state index < -0.39 is 0 Å². The maximum Gasteiger partial charge on any atom is 0.251 e. The number of pyridine rings is 1. The Morgan fingerprint density at radius 1 is 1.36 bits per heavy atom. The van der Waals surface area contributed by atoms with E-state index in [9.17, 15) is 4.79 Å². The number of amides is 1. The second-order valence-corrected chi connectivity index (χ2v) is 5.79. The van der Waals surface area contributed by atoms with Gasteiger partial charge in [-0.2, -0.15) is 5.10 Å². The first-order chi connectivity index (χ1) is 12.2. The molecule has 8 heteroatoms. The van der Waals surface area contributed by atoms with Crippen LogP contribution >= 0.6 is 11.6 Å². The minimum Gasteiger partial charge on any atom is -0.493 e. The van der Waals surface area contributed by atoms with Crippen molar-refractivity contribution in [3.63, 3.8) is 0 Å². The summed E-state index contributed by atoms with van der Waals surface area (Å²) in [5, 5.41) is 10.6. The summed E-state index contributed by atoms with van der Waals surface area (Å²) in [6.07, 6.45) is 2.97. The third-order valence-corrected chi connectivity index (χ3v) is 3.84. The van der Waals surface area contributed by atoms with Gasteiger partial charge in [-0.05, 0) is 31.5 Å². The number of aromatic nitrogens is 4. The first kappa shape index (κ1) is 17.2. The van der Waals surface area contributed by atoms with Crippen LogP contribution in [0.4, 0.5) is 0 Å². The summed E-state index contributed by atoms with van der Waals surface area (Å²) in [6, 6.07) is 6.98. The molecule has 25 heavy (non-hydrogen) atoms. The van der Waals surface area contributed by atoms with Gasteiger partial charge in [0.25, 0.3) is 5.91 Å². The molecule has 2 heterocycles. The van der Waals surface area contributed by atoms with Gasteiger partial charge >= 0.3 is 0 Å². The van der Waals surface area contributed by atoms with Crippen molar-refractivity contribution >= 4 is 28.4 Å². The second kappa shape index (κ2) is 7.94. The van der Waals surface area contributed by atoms with E-state index in [-0.39, 0.29) is 5.91 Å². The van der Waals surface area contributed by atoms with E-state index in [0.29, 0.717) is 35.1 Å². The molecule has 0 atom stereocenters. The normalized spacial score (nSPS) is 10.8. The number of fused-ring (bicyclic) bond motifs is 1. The number of rotatable bonds is 7. The van der Waals surface area contributed by atoms with Gasteiger partial charge in [0, 0.05) is 30.0 Å². The van der Waals surface area contributed by atoms with Gasteiger partial charge in [0.05, 0.1) is 12.1 Å². The van der Waals surface area contributed by atoms with E-state index in [0.717, 1.165) is 24.1 Å². The molecule has 0 radical (unpaired) electrons. The molecule has 0 unspecified atom stereocenters. The Hall–Kier alpha value is -2.67. The lowest BCUT2D eigenvalue weighted by Gasteiger charge is -2.09. The van der Waals surface area contributed by atoms with Gasteiger partial charge < -0.3 is 10.1 Å². The molecule has 1 aromatic carbocycles. The Bertz CT molecular complexity index is 867. The molecule has 0 aliphatic carbocycles. The fourth-order valence-corrected chi connectivity index (χ4v) is 2.68. The fourth-order valence-electron chi connectivity index (χ4n) is 2.49. The fraction of sp³-hybridized carbons (Fsp3) is 0.294. The van der Waals surface area contributed by atoms with Crippen molar-refractivity contribution in [2.75, 3.05) is 13.2 Å². The quantitative estimate of drug-likeness (QED) is 0.500. The predicted molar refractivity (Wildman–Crippen MR) is 95.0 cm³/mol. The number of carbonyl (C=O) groups excluding carboxylic acids is 1. The van der Waals surface area contributed by atoms with Gasteiger partial charge in [-0.3, -0.25) is 9.89 Å². The topological polar surface area (TPSA) is 92.8 Å². The van der Waals surface area contributed by atoms with Crippen LogP contribution in [0.1, 0.15) is 29.5 Å². The van der Waals surface area contributed by atoms with E-state index in [1.807, 2.05) is 13.0 Å². The lowest BCUT2D eigenvalue weighted by molar-refractivity contribution is 0.0953. The Morgan fingerprint density at radius 2 is 2.24 bits per heavy atom.